The van der Waals surface area contributed by atoms with Crippen molar-refractivity contribution < 1.29 is 14.6 Å². The molecule has 0 aliphatic rings. The number of aromatic hydroxyl groups is 1. The topological polar surface area (TPSA) is 58.6 Å². The monoisotopic (exact) mass is 317 g/mol. The number of anilines is 1. The molecule has 0 spiro atoms. The van der Waals surface area contributed by atoms with Gasteiger partial charge in [0.05, 0.1) is 12.2 Å². The van der Waals surface area contributed by atoms with E-state index in [9.17, 15) is 9.90 Å². The number of nitrogens with one attached hydrogen (secondary N) is 1. The van der Waals surface area contributed by atoms with Gasteiger partial charge in [-0.3, -0.25) is 0 Å². The van der Waals surface area contributed by atoms with Crippen LogP contribution in [0, 0.1) is 0 Å². The van der Waals surface area contributed by atoms with Crippen LogP contribution in [0.3, 0.4) is 0 Å². The second kappa shape index (κ2) is 7.52. The highest BCUT2D eigenvalue weighted by Gasteiger charge is 2.13. The van der Waals surface area contributed by atoms with Crippen LogP contribution in [0.1, 0.15) is 12.5 Å². The zero-order valence-electron chi connectivity index (χ0n) is 12.0. The quantitative estimate of drug-likeness (QED) is 0.496. The summed E-state index contributed by atoms with van der Waals surface area (Å²) in [5.74, 6) is -0.242. The smallest absolute Gasteiger partial charge is 0.340 e. The summed E-state index contributed by atoms with van der Waals surface area (Å²) < 4.78 is 5.08. The van der Waals surface area contributed by atoms with Crippen molar-refractivity contribution in [3.63, 3.8) is 0 Å². The second-order valence-corrected chi connectivity index (χ2v) is 4.91. The highest BCUT2D eigenvalue weighted by atomic mass is 35.5. The summed E-state index contributed by atoms with van der Waals surface area (Å²) in [6.07, 6.45) is 1.58. The summed E-state index contributed by atoms with van der Waals surface area (Å²) in [6, 6.07) is 13.5. The van der Waals surface area contributed by atoms with E-state index in [-0.39, 0.29) is 5.75 Å². The summed E-state index contributed by atoms with van der Waals surface area (Å²) in [6.45, 7) is 2.05. The fraction of sp³-hybridized carbons (Fsp3) is 0.118. The van der Waals surface area contributed by atoms with Gasteiger partial charge in [-0.15, -0.1) is 0 Å². The second-order valence-electron chi connectivity index (χ2n) is 4.48. The molecule has 2 N–H and O–H groups in total. The summed E-state index contributed by atoms with van der Waals surface area (Å²) in [5, 5.41) is 12.9. The molecule has 0 aliphatic carbocycles. The third kappa shape index (κ3) is 4.27. The van der Waals surface area contributed by atoms with Gasteiger partial charge < -0.3 is 15.2 Å². The van der Waals surface area contributed by atoms with Gasteiger partial charge >= 0.3 is 5.97 Å². The molecule has 114 valence electrons. The number of carbonyl (C=O) groups is 1. The molecule has 0 radical (unpaired) electrons. The number of esters is 1. The highest BCUT2D eigenvalue weighted by Crippen LogP contribution is 2.20. The first kappa shape index (κ1) is 15.9. The summed E-state index contributed by atoms with van der Waals surface area (Å²) >= 11 is 5.87. The Morgan fingerprint density at radius 3 is 2.41 bits per heavy atom. The first-order valence-corrected chi connectivity index (χ1v) is 7.16. The van der Waals surface area contributed by atoms with Crippen LogP contribution < -0.4 is 5.32 Å². The molecule has 0 amide bonds. The molecular formula is C17H16ClNO3. The van der Waals surface area contributed by atoms with Gasteiger partial charge in [0.2, 0.25) is 0 Å². The van der Waals surface area contributed by atoms with Gasteiger partial charge in [0.15, 0.2) is 0 Å². The highest BCUT2D eigenvalue weighted by molar-refractivity contribution is 6.30. The van der Waals surface area contributed by atoms with E-state index in [1.165, 1.54) is 0 Å². The third-order valence-corrected chi connectivity index (χ3v) is 3.15. The molecule has 5 heteroatoms. The van der Waals surface area contributed by atoms with E-state index in [0.29, 0.717) is 22.8 Å². The number of benzene rings is 2. The molecular weight excluding hydrogens is 302 g/mol. The van der Waals surface area contributed by atoms with Crippen LogP contribution in [-0.4, -0.2) is 17.7 Å². The molecule has 0 bridgehead atoms. The van der Waals surface area contributed by atoms with Crippen molar-refractivity contribution in [3.05, 3.63) is 65.3 Å². The predicted molar refractivity (Wildman–Crippen MR) is 87.8 cm³/mol. The zero-order chi connectivity index (χ0) is 15.9. The number of rotatable bonds is 5. The summed E-state index contributed by atoms with van der Waals surface area (Å²) in [5.41, 5.74) is 1.84. The Balaban J connectivity index is 2.27. The van der Waals surface area contributed by atoms with Crippen molar-refractivity contribution in [3.8, 4) is 5.75 Å². The number of hydrogen-bond acceptors (Lipinski definition) is 4. The molecule has 0 fully saturated rings. The van der Waals surface area contributed by atoms with Crippen molar-refractivity contribution in [2.24, 2.45) is 0 Å². The Kier molecular flexibility index (Phi) is 5.44. The van der Waals surface area contributed by atoms with Crippen LogP contribution in [0.15, 0.2) is 54.7 Å². The molecule has 0 aliphatic heterocycles. The van der Waals surface area contributed by atoms with Crippen molar-refractivity contribution >= 4 is 28.8 Å². The zero-order valence-corrected chi connectivity index (χ0v) is 12.8. The Labute approximate surface area is 134 Å². The molecule has 0 heterocycles. The third-order valence-electron chi connectivity index (χ3n) is 2.90. The lowest BCUT2D eigenvalue weighted by Gasteiger charge is -2.09. The minimum Gasteiger partial charge on any atom is -0.508 e. The number of hydrogen-bond donors (Lipinski definition) is 2. The number of carbonyl (C=O) groups excluding carboxylic acids is 1. The van der Waals surface area contributed by atoms with Crippen LogP contribution in [0.2, 0.25) is 5.02 Å². The summed E-state index contributed by atoms with van der Waals surface area (Å²) in [4.78, 5) is 12.1. The van der Waals surface area contributed by atoms with Gasteiger partial charge in [0.1, 0.15) is 5.75 Å². The standard InChI is InChI=1S/C17H16ClNO3/c1-2-22-17(21)16(12-3-5-13(18)6-4-12)11-19-14-7-9-15(20)10-8-14/h3-11,19-20H,2H2,1H3/b16-11-. The fourth-order valence-corrected chi connectivity index (χ4v) is 1.94. The molecule has 0 saturated carbocycles. The maximum absolute atomic E-state index is 12.1. The van der Waals surface area contributed by atoms with Gasteiger partial charge in [-0.1, -0.05) is 23.7 Å². The lowest BCUT2D eigenvalue weighted by Crippen LogP contribution is -2.08. The van der Waals surface area contributed by atoms with E-state index >= 15 is 0 Å². The van der Waals surface area contributed by atoms with E-state index in [1.54, 1.807) is 61.7 Å². The van der Waals surface area contributed by atoms with Crippen LogP contribution in [-0.2, 0) is 9.53 Å². The van der Waals surface area contributed by atoms with E-state index < -0.39 is 5.97 Å². The van der Waals surface area contributed by atoms with Gasteiger partial charge in [-0.05, 0) is 48.9 Å². The molecule has 0 unspecified atom stereocenters. The molecule has 0 saturated heterocycles. The Morgan fingerprint density at radius 1 is 1.18 bits per heavy atom. The van der Waals surface area contributed by atoms with E-state index in [4.69, 9.17) is 16.3 Å². The SMILES string of the molecule is CCOC(=O)/C(=C\Nc1ccc(O)cc1)c1ccc(Cl)cc1. The maximum Gasteiger partial charge on any atom is 0.340 e. The molecule has 0 aromatic heterocycles. The summed E-state index contributed by atoms with van der Waals surface area (Å²) in [7, 11) is 0. The number of phenolic OH excluding ortho intramolecular Hbond substituents is 1. The Morgan fingerprint density at radius 2 is 1.82 bits per heavy atom. The average Bonchev–Trinajstić information content (AvgIpc) is 2.51. The molecule has 2 aromatic carbocycles. The fourth-order valence-electron chi connectivity index (χ4n) is 1.81. The lowest BCUT2D eigenvalue weighted by atomic mass is 10.1. The number of ether oxygens (including phenoxy) is 1. The Hall–Kier alpha value is -2.46. The number of halogens is 1. The van der Waals surface area contributed by atoms with Crippen molar-refractivity contribution in [1.29, 1.82) is 0 Å². The minimum absolute atomic E-state index is 0.179. The van der Waals surface area contributed by atoms with Crippen molar-refractivity contribution in [2.45, 2.75) is 6.92 Å². The van der Waals surface area contributed by atoms with E-state index in [1.807, 2.05) is 0 Å². The molecule has 2 rings (SSSR count). The molecule has 22 heavy (non-hydrogen) atoms. The van der Waals surface area contributed by atoms with Gasteiger partial charge in [-0.25, -0.2) is 4.79 Å². The largest absolute Gasteiger partial charge is 0.508 e. The van der Waals surface area contributed by atoms with Gasteiger partial charge in [0, 0.05) is 16.9 Å². The predicted octanol–water partition coefficient (Wildman–Crippen LogP) is 4.06. The number of phenols is 1. The van der Waals surface area contributed by atoms with Gasteiger partial charge in [-0.2, -0.15) is 0 Å². The molecule has 2 aromatic rings. The van der Waals surface area contributed by atoms with Crippen LogP contribution in [0.5, 0.6) is 5.75 Å². The molecule has 4 nitrogen and oxygen atoms in total. The van der Waals surface area contributed by atoms with E-state index in [2.05, 4.69) is 5.32 Å². The van der Waals surface area contributed by atoms with E-state index in [0.717, 1.165) is 5.69 Å². The maximum atomic E-state index is 12.1. The average molecular weight is 318 g/mol. The van der Waals surface area contributed by atoms with Crippen LogP contribution in [0.25, 0.3) is 5.57 Å². The minimum atomic E-state index is -0.420. The lowest BCUT2D eigenvalue weighted by molar-refractivity contribution is -0.136. The first-order valence-electron chi connectivity index (χ1n) is 6.79. The normalized spacial score (nSPS) is 11.1. The first-order chi connectivity index (χ1) is 10.6. The Bertz CT molecular complexity index is 663. The van der Waals surface area contributed by atoms with Crippen molar-refractivity contribution in [2.75, 3.05) is 11.9 Å². The van der Waals surface area contributed by atoms with Crippen LogP contribution >= 0.6 is 11.6 Å². The van der Waals surface area contributed by atoms with Crippen molar-refractivity contribution in [1.82, 2.24) is 0 Å². The molecule has 0 atom stereocenters. The van der Waals surface area contributed by atoms with Gasteiger partial charge in [0.25, 0.3) is 0 Å². The van der Waals surface area contributed by atoms with Crippen LogP contribution in [0.4, 0.5) is 5.69 Å².